The van der Waals surface area contributed by atoms with Crippen LogP contribution in [-0.2, 0) is 0 Å². The van der Waals surface area contributed by atoms with Gasteiger partial charge in [0.1, 0.15) is 5.03 Å². The first kappa shape index (κ1) is 10.8. The minimum atomic E-state index is 0.405. The Bertz CT molecular complexity index is 321. The summed E-state index contributed by atoms with van der Waals surface area (Å²) >= 11 is 1.80. The van der Waals surface area contributed by atoms with Crippen LogP contribution in [0.15, 0.2) is 23.4 Å². The van der Waals surface area contributed by atoms with E-state index < -0.39 is 0 Å². The molecule has 0 aromatic carbocycles. The number of pyridine rings is 1. The molecule has 1 fully saturated rings. The average Bonchev–Trinajstić information content (AvgIpc) is 2.25. The third-order valence-corrected chi connectivity index (χ3v) is 4.17. The highest BCUT2D eigenvalue weighted by atomic mass is 32.2. The number of hydrogen-bond acceptors (Lipinski definition) is 4. The van der Waals surface area contributed by atoms with E-state index in [-0.39, 0.29) is 0 Å². The van der Waals surface area contributed by atoms with Crippen LogP contribution in [0.2, 0.25) is 0 Å². The SMILES string of the molecule is Nc1cccnc1SC1CCC(N)CC1. The summed E-state index contributed by atoms with van der Waals surface area (Å²) in [5.41, 5.74) is 12.5. The van der Waals surface area contributed by atoms with E-state index in [0.29, 0.717) is 11.3 Å². The molecule has 4 heteroatoms. The maximum atomic E-state index is 5.87. The lowest BCUT2D eigenvalue weighted by Gasteiger charge is -2.25. The fourth-order valence-electron chi connectivity index (χ4n) is 1.87. The molecule has 1 aromatic rings. The summed E-state index contributed by atoms with van der Waals surface area (Å²) in [6.07, 6.45) is 6.42. The Kier molecular flexibility index (Phi) is 3.49. The van der Waals surface area contributed by atoms with Gasteiger partial charge in [0.05, 0.1) is 5.69 Å². The van der Waals surface area contributed by atoms with Crippen LogP contribution < -0.4 is 11.5 Å². The average molecular weight is 223 g/mol. The second-order valence-corrected chi connectivity index (χ2v) is 5.34. The van der Waals surface area contributed by atoms with Crippen LogP contribution in [0.25, 0.3) is 0 Å². The van der Waals surface area contributed by atoms with Gasteiger partial charge in [-0.15, -0.1) is 11.8 Å². The summed E-state index contributed by atoms with van der Waals surface area (Å²) in [7, 11) is 0. The number of hydrogen-bond donors (Lipinski definition) is 2. The smallest absolute Gasteiger partial charge is 0.119 e. The van der Waals surface area contributed by atoms with E-state index in [4.69, 9.17) is 11.5 Å². The monoisotopic (exact) mass is 223 g/mol. The van der Waals surface area contributed by atoms with E-state index in [1.54, 1.807) is 18.0 Å². The van der Waals surface area contributed by atoms with E-state index in [1.807, 2.05) is 12.1 Å². The molecule has 82 valence electrons. The number of rotatable bonds is 2. The first-order valence-corrected chi connectivity index (χ1v) is 6.26. The predicted octanol–water partition coefficient (Wildman–Crippen LogP) is 2.03. The van der Waals surface area contributed by atoms with Gasteiger partial charge < -0.3 is 11.5 Å². The van der Waals surface area contributed by atoms with Gasteiger partial charge in [-0.1, -0.05) is 0 Å². The third kappa shape index (κ3) is 2.86. The first-order valence-electron chi connectivity index (χ1n) is 5.38. The zero-order valence-corrected chi connectivity index (χ0v) is 9.54. The number of nitrogens with zero attached hydrogens (tertiary/aromatic N) is 1. The maximum absolute atomic E-state index is 5.87. The molecule has 2 rings (SSSR count). The highest BCUT2D eigenvalue weighted by molar-refractivity contribution is 8.00. The van der Waals surface area contributed by atoms with Crippen LogP contribution >= 0.6 is 11.8 Å². The molecule has 3 nitrogen and oxygen atoms in total. The molecule has 1 aromatic heterocycles. The molecule has 0 spiro atoms. The molecule has 0 aliphatic heterocycles. The van der Waals surface area contributed by atoms with Crippen molar-refractivity contribution in [3.05, 3.63) is 18.3 Å². The fraction of sp³-hybridized carbons (Fsp3) is 0.545. The molecule has 1 saturated carbocycles. The Morgan fingerprint density at radius 2 is 2.00 bits per heavy atom. The van der Waals surface area contributed by atoms with Gasteiger partial charge in [-0.25, -0.2) is 4.98 Å². The standard InChI is InChI=1S/C11H17N3S/c12-8-3-5-9(6-4-8)15-11-10(13)2-1-7-14-11/h1-2,7-9H,3-6,12-13H2. The normalized spacial score (nSPS) is 26.5. The van der Waals surface area contributed by atoms with Crippen LogP contribution in [0.1, 0.15) is 25.7 Å². The number of anilines is 1. The zero-order valence-electron chi connectivity index (χ0n) is 8.73. The maximum Gasteiger partial charge on any atom is 0.119 e. The van der Waals surface area contributed by atoms with Gasteiger partial charge in [0, 0.05) is 17.5 Å². The quantitative estimate of drug-likeness (QED) is 0.805. The molecule has 15 heavy (non-hydrogen) atoms. The first-order chi connectivity index (χ1) is 7.25. The Morgan fingerprint density at radius 3 is 2.67 bits per heavy atom. The van der Waals surface area contributed by atoms with Crippen molar-refractivity contribution in [2.24, 2.45) is 5.73 Å². The second-order valence-electron chi connectivity index (χ2n) is 4.05. The van der Waals surface area contributed by atoms with Gasteiger partial charge in [-0.3, -0.25) is 0 Å². The van der Waals surface area contributed by atoms with Crippen molar-refractivity contribution in [1.82, 2.24) is 4.98 Å². The molecule has 0 amide bonds. The van der Waals surface area contributed by atoms with Gasteiger partial charge in [0.15, 0.2) is 0 Å². The molecule has 0 saturated heterocycles. The van der Waals surface area contributed by atoms with E-state index in [2.05, 4.69) is 4.98 Å². The largest absolute Gasteiger partial charge is 0.397 e. The number of aromatic nitrogens is 1. The second kappa shape index (κ2) is 4.86. The molecule has 0 radical (unpaired) electrons. The fourth-order valence-corrected chi connectivity index (χ4v) is 3.02. The molecular weight excluding hydrogens is 206 g/mol. The van der Waals surface area contributed by atoms with Crippen molar-refractivity contribution in [3.63, 3.8) is 0 Å². The number of nitrogen functional groups attached to an aromatic ring is 1. The predicted molar refractivity (Wildman–Crippen MR) is 64.7 cm³/mol. The van der Waals surface area contributed by atoms with Crippen molar-refractivity contribution < 1.29 is 0 Å². The van der Waals surface area contributed by atoms with Gasteiger partial charge in [0.25, 0.3) is 0 Å². The van der Waals surface area contributed by atoms with Crippen LogP contribution in [0.4, 0.5) is 5.69 Å². The summed E-state index contributed by atoms with van der Waals surface area (Å²) in [6.45, 7) is 0. The molecule has 1 aliphatic carbocycles. The van der Waals surface area contributed by atoms with Crippen molar-refractivity contribution >= 4 is 17.4 Å². The lowest BCUT2D eigenvalue weighted by atomic mass is 9.96. The summed E-state index contributed by atoms with van der Waals surface area (Å²) < 4.78 is 0. The minimum absolute atomic E-state index is 0.405. The summed E-state index contributed by atoms with van der Waals surface area (Å²) in [5, 5.41) is 1.61. The Morgan fingerprint density at radius 1 is 1.27 bits per heavy atom. The molecule has 0 bridgehead atoms. The van der Waals surface area contributed by atoms with Crippen LogP contribution in [0.5, 0.6) is 0 Å². The molecule has 1 heterocycles. The van der Waals surface area contributed by atoms with Gasteiger partial charge in [-0.2, -0.15) is 0 Å². The molecular formula is C11H17N3S. The third-order valence-electron chi connectivity index (χ3n) is 2.80. The number of thioether (sulfide) groups is 1. The molecule has 4 N–H and O–H groups in total. The van der Waals surface area contributed by atoms with Crippen LogP contribution in [0, 0.1) is 0 Å². The van der Waals surface area contributed by atoms with Gasteiger partial charge >= 0.3 is 0 Å². The number of nitrogens with two attached hydrogens (primary N) is 2. The highest BCUT2D eigenvalue weighted by Crippen LogP contribution is 2.34. The van der Waals surface area contributed by atoms with E-state index in [9.17, 15) is 0 Å². The van der Waals surface area contributed by atoms with E-state index in [0.717, 1.165) is 23.6 Å². The topological polar surface area (TPSA) is 64.9 Å². The Labute approximate surface area is 94.6 Å². The Hall–Kier alpha value is -0.740. The van der Waals surface area contributed by atoms with Crippen molar-refractivity contribution in [2.45, 2.75) is 42.0 Å². The summed E-state index contributed by atoms with van der Waals surface area (Å²) in [4.78, 5) is 4.30. The summed E-state index contributed by atoms with van der Waals surface area (Å²) in [5.74, 6) is 0. The van der Waals surface area contributed by atoms with Crippen molar-refractivity contribution in [2.75, 3.05) is 5.73 Å². The lowest BCUT2D eigenvalue weighted by molar-refractivity contribution is 0.450. The lowest BCUT2D eigenvalue weighted by Crippen LogP contribution is -2.27. The molecule has 0 unspecified atom stereocenters. The van der Waals surface area contributed by atoms with Crippen molar-refractivity contribution in [3.8, 4) is 0 Å². The van der Waals surface area contributed by atoms with Gasteiger partial charge in [-0.05, 0) is 37.8 Å². The van der Waals surface area contributed by atoms with Crippen molar-refractivity contribution in [1.29, 1.82) is 0 Å². The summed E-state index contributed by atoms with van der Waals surface area (Å²) in [6, 6.07) is 4.18. The van der Waals surface area contributed by atoms with Gasteiger partial charge in [0.2, 0.25) is 0 Å². The van der Waals surface area contributed by atoms with E-state index in [1.165, 1.54) is 12.8 Å². The Balaban J connectivity index is 1.95. The zero-order chi connectivity index (χ0) is 10.7. The van der Waals surface area contributed by atoms with E-state index >= 15 is 0 Å². The molecule has 0 atom stereocenters. The van der Waals surface area contributed by atoms with Crippen LogP contribution in [0.3, 0.4) is 0 Å². The molecule has 1 aliphatic rings. The highest BCUT2D eigenvalue weighted by Gasteiger charge is 2.20. The van der Waals surface area contributed by atoms with Crippen LogP contribution in [-0.4, -0.2) is 16.3 Å². The minimum Gasteiger partial charge on any atom is -0.397 e.